The zero-order chi connectivity index (χ0) is 15.8. The standard InChI is InChI=1S/C16H12ClFN4O/c17-11-5-9(1-2-12(11)18)22-16-10-6-14-15(23-4-3-19-14)7-13(10)20-8-21-16/h1-2,5-8,19H,3-4H2,(H,20,21,22). The van der Waals surface area contributed by atoms with Crippen molar-refractivity contribution in [1.82, 2.24) is 9.97 Å². The van der Waals surface area contributed by atoms with Crippen molar-refractivity contribution < 1.29 is 9.13 Å². The molecule has 0 spiro atoms. The molecular weight excluding hydrogens is 319 g/mol. The summed E-state index contributed by atoms with van der Waals surface area (Å²) in [5, 5.41) is 7.33. The maximum absolute atomic E-state index is 13.3. The highest BCUT2D eigenvalue weighted by molar-refractivity contribution is 6.31. The van der Waals surface area contributed by atoms with E-state index < -0.39 is 5.82 Å². The molecule has 1 aliphatic rings. The summed E-state index contributed by atoms with van der Waals surface area (Å²) in [5.74, 6) is 0.936. The van der Waals surface area contributed by atoms with Crippen molar-refractivity contribution in [2.45, 2.75) is 0 Å². The molecule has 0 saturated carbocycles. The fourth-order valence-electron chi connectivity index (χ4n) is 2.50. The van der Waals surface area contributed by atoms with Crippen LogP contribution in [0.2, 0.25) is 5.02 Å². The highest BCUT2D eigenvalue weighted by atomic mass is 35.5. The maximum atomic E-state index is 13.3. The van der Waals surface area contributed by atoms with E-state index in [9.17, 15) is 4.39 Å². The minimum atomic E-state index is -0.458. The SMILES string of the molecule is Fc1ccc(Nc2ncnc3cc4c(cc23)NCCO4)cc1Cl. The van der Waals surface area contributed by atoms with Gasteiger partial charge in [-0.25, -0.2) is 14.4 Å². The second-order valence-corrected chi connectivity index (χ2v) is 5.52. The van der Waals surface area contributed by atoms with E-state index in [2.05, 4.69) is 20.6 Å². The van der Waals surface area contributed by atoms with E-state index in [1.807, 2.05) is 12.1 Å². The van der Waals surface area contributed by atoms with Crippen molar-refractivity contribution in [1.29, 1.82) is 0 Å². The predicted octanol–water partition coefficient (Wildman–Crippen LogP) is 3.97. The number of rotatable bonds is 2. The average Bonchev–Trinajstić information content (AvgIpc) is 2.57. The van der Waals surface area contributed by atoms with Gasteiger partial charge in [0.05, 0.1) is 16.2 Å². The van der Waals surface area contributed by atoms with Gasteiger partial charge in [0.15, 0.2) is 0 Å². The van der Waals surface area contributed by atoms with Crippen molar-refractivity contribution in [2.24, 2.45) is 0 Å². The Kier molecular flexibility index (Phi) is 3.38. The van der Waals surface area contributed by atoms with E-state index in [4.69, 9.17) is 16.3 Å². The molecule has 1 aliphatic heterocycles. The molecule has 1 aromatic heterocycles. The summed E-state index contributed by atoms with van der Waals surface area (Å²) in [6, 6.07) is 8.25. The smallest absolute Gasteiger partial charge is 0.144 e. The Morgan fingerprint density at radius 3 is 3.00 bits per heavy atom. The normalized spacial score (nSPS) is 13.1. The molecule has 4 rings (SSSR count). The average molecular weight is 331 g/mol. The van der Waals surface area contributed by atoms with Crippen molar-refractivity contribution in [3.05, 3.63) is 47.5 Å². The van der Waals surface area contributed by atoms with Gasteiger partial charge in [-0.15, -0.1) is 0 Å². The monoisotopic (exact) mass is 330 g/mol. The molecule has 2 N–H and O–H groups in total. The van der Waals surface area contributed by atoms with Gasteiger partial charge in [0.25, 0.3) is 0 Å². The number of fused-ring (bicyclic) bond motifs is 2. The molecule has 5 nitrogen and oxygen atoms in total. The van der Waals surface area contributed by atoms with E-state index in [0.717, 1.165) is 28.9 Å². The van der Waals surface area contributed by atoms with Crippen LogP contribution in [0, 0.1) is 5.82 Å². The molecule has 0 aliphatic carbocycles. The molecule has 2 heterocycles. The minimum Gasteiger partial charge on any atom is -0.490 e. The Labute approximate surface area is 136 Å². The zero-order valence-corrected chi connectivity index (χ0v) is 12.7. The van der Waals surface area contributed by atoms with Gasteiger partial charge in [0, 0.05) is 23.7 Å². The number of benzene rings is 2. The topological polar surface area (TPSA) is 59.1 Å². The third-order valence-corrected chi connectivity index (χ3v) is 3.88. The molecular formula is C16H12ClFN4O. The first-order valence-corrected chi connectivity index (χ1v) is 7.46. The van der Waals surface area contributed by atoms with E-state index in [0.29, 0.717) is 18.1 Å². The molecule has 7 heteroatoms. The molecule has 3 aromatic rings. The Morgan fingerprint density at radius 1 is 1.22 bits per heavy atom. The molecule has 0 atom stereocenters. The van der Waals surface area contributed by atoms with Gasteiger partial charge in [-0.3, -0.25) is 0 Å². The summed E-state index contributed by atoms with van der Waals surface area (Å²) in [6.45, 7) is 1.38. The van der Waals surface area contributed by atoms with Crippen molar-refractivity contribution in [3.8, 4) is 5.75 Å². The molecule has 0 fully saturated rings. The van der Waals surface area contributed by atoms with Gasteiger partial charge >= 0.3 is 0 Å². The lowest BCUT2D eigenvalue weighted by molar-refractivity contribution is 0.324. The molecule has 0 unspecified atom stereocenters. The largest absolute Gasteiger partial charge is 0.490 e. The number of aromatic nitrogens is 2. The molecule has 0 amide bonds. The lowest BCUT2D eigenvalue weighted by atomic mass is 10.1. The van der Waals surface area contributed by atoms with Crippen LogP contribution in [0.1, 0.15) is 0 Å². The number of ether oxygens (including phenoxy) is 1. The zero-order valence-electron chi connectivity index (χ0n) is 11.9. The molecule has 0 radical (unpaired) electrons. The van der Waals surface area contributed by atoms with Gasteiger partial charge in [-0.2, -0.15) is 0 Å². The first-order chi connectivity index (χ1) is 11.2. The summed E-state index contributed by atoms with van der Waals surface area (Å²) in [4.78, 5) is 8.55. The van der Waals surface area contributed by atoms with E-state index in [-0.39, 0.29) is 5.02 Å². The molecule has 0 saturated heterocycles. The Bertz CT molecular complexity index is 903. The van der Waals surface area contributed by atoms with Crippen LogP contribution in [0.3, 0.4) is 0 Å². The Balaban J connectivity index is 1.78. The maximum Gasteiger partial charge on any atom is 0.144 e. The fraction of sp³-hybridized carbons (Fsp3) is 0.125. The predicted molar refractivity (Wildman–Crippen MR) is 88.2 cm³/mol. The first kappa shape index (κ1) is 14.0. The number of nitrogens with zero attached hydrogens (tertiary/aromatic N) is 2. The molecule has 2 aromatic carbocycles. The van der Waals surface area contributed by atoms with Crippen molar-refractivity contribution in [3.63, 3.8) is 0 Å². The number of nitrogens with one attached hydrogen (secondary N) is 2. The number of halogens is 2. The second-order valence-electron chi connectivity index (χ2n) is 5.12. The second kappa shape index (κ2) is 5.55. The van der Waals surface area contributed by atoms with Crippen LogP contribution >= 0.6 is 11.6 Å². The molecule has 0 bridgehead atoms. The van der Waals surface area contributed by atoms with Gasteiger partial charge in [-0.1, -0.05) is 11.6 Å². The van der Waals surface area contributed by atoms with Crippen molar-refractivity contribution in [2.75, 3.05) is 23.8 Å². The summed E-state index contributed by atoms with van der Waals surface area (Å²) >= 11 is 5.82. The summed E-state index contributed by atoms with van der Waals surface area (Å²) < 4.78 is 18.9. The molecule has 116 valence electrons. The van der Waals surface area contributed by atoms with E-state index in [1.54, 1.807) is 6.07 Å². The lowest BCUT2D eigenvalue weighted by Gasteiger charge is -2.20. The van der Waals surface area contributed by atoms with Crippen LogP contribution in [-0.2, 0) is 0 Å². The van der Waals surface area contributed by atoms with Crippen LogP contribution < -0.4 is 15.4 Å². The van der Waals surface area contributed by atoms with Gasteiger partial charge < -0.3 is 15.4 Å². The third kappa shape index (κ3) is 2.61. The summed E-state index contributed by atoms with van der Waals surface area (Å²) in [6.07, 6.45) is 1.47. The quantitative estimate of drug-likeness (QED) is 0.744. The Hall–Kier alpha value is -2.60. The fourth-order valence-corrected chi connectivity index (χ4v) is 2.68. The highest BCUT2D eigenvalue weighted by Gasteiger charge is 2.14. The van der Waals surface area contributed by atoms with Crippen LogP contribution in [0.25, 0.3) is 10.9 Å². The molecule has 23 heavy (non-hydrogen) atoms. The summed E-state index contributed by atoms with van der Waals surface area (Å²) in [7, 11) is 0. The number of hydrogen-bond donors (Lipinski definition) is 2. The van der Waals surface area contributed by atoms with E-state index >= 15 is 0 Å². The van der Waals surface area contributed by atoms with Crippen LogP contribution in [-0.4, -0.2) is 23.1 Å². The van der Waals surface area contributed by atoms with E-state index in [1.165, 1.54) is 18.5 Å². The lowest BCUT2D eigenvalue weighted by Crippen LogP contribution is -2.18. The summed E-state index contributed by atoms with van der Waals surface area (Å²) in [5.41, 5.74) is 2.32. The van der Waals surface area contributed by atoms with Crippen LogP contribution in [0.4, 0.5) is 21.6 Å². The van der Waals surface area contributed by atoms with Gasteiger partial charge in [0.2, 0.25) is 0 Å². The number of anilines is 3. The van der Waals surface area contributed by atoms with Crippen LogP contribution in [0.15, 0.2) is 36.7 Å². The van der Waals surface area contributed by atoms with Crippen LogP contribution in [0.5, 0.6) is 5.75 Å². The highest BCUT2D eigenvalue weighted by Crippen LogP contribution is 2.34. The first-order valence-electron chi connectivity index (χ1n) is 7.08. The Morgan fingerprint density at radius 2 is 2.13 bits per heavy atom. The van der Waals surface area contributed by atoms with Gasteiger partial charge in [-0.05, 0) is 24.3 Å². The number of hydrogen-bond acceptors (Lipinski definition) is 5. The van der Waals surface area contributed by atoms with Crippen molar-refractivity contribution >= 4 is 39.7 Å². The third-order valence-electron chi connectivity index (χ3n) is 3.59. The van der Waals surface area contributed by atoms with Gasteiger partial charge in [0.1, 0.15) is 30.3 Å². The minimum absolute atomic E-state index is 0.0563.